The molecule has 1 aromatic carbocycles. The highest BCUT2D eigenvalue weighted by Crippen LogP contribution is 2.38. The first-order valence-electron chi connectivity index (χ1n) is 10.9. The van der Waals surface area contributed by atoms with Crippen molar-refractivity contribution in [1.82, 2.24) is 9.55 Å². The number of aliphatic hydroxyl groups is 2. The van der Waals surface area contributed by atoms with Crippen molar-refractivity contribution in [3.8, 4) is 17.1 Å². The minimum absolute atomic E-state index is 0.0438. The Kier molecular flexibility index (Phi) is 5.43. The molecule has 10 nitrogen and oxygen atoms in total. The van der Waals surface area contributed by atoms with E-state index in [9.17, 15) is 19.5 Å². The topological polar surface area (TPSA) is 137 Å². The van der Waals surface area contributed by atoms with Crippen molar-refractivity contribution in [3.05, 3.63) is 57.4 Å². The number of hydrogen-bond acceptors (Lipinski definition) is 9. The van der Waals surface area contributed by atoms with Crippen LogP contribution in [0.3, 0.4) is 0 Å². The number of fused-ring (bicyclic) bond motifs is 5. The number of esters is 2. The monoisotopic (exact) mass is 466 g/mol. The maximum Gasteiger partial charge on any atom is 0.343 e. The zero-order valence-electron chi connectivity index (χ0n) is 18.4. The number of benzene rings is 1. The Bertz CT molecular complexity index is 1400. The Labute approximate surface area is 193 Å². The maximum atomic E-state index is 13.2. The van der Waals surface area contributed by atoms with Crippen LogP contribution in [0.15, 0.2) is 35.1 Å². The van der Waals surface area contributed by atoms with E-state index in [2.05, 4.69) is 0 Å². The summed E-state index contributed by atoms with van der Waals surface area (Å²) in [6, 6.07) is 8.51. The molecule has 2 aromatic heterocycles. The van der Waals surface area contributed by atoms with Crippen molar-refractivity contribution < 1.29 is 34.0 Å². The van der Waals surface area contributed by atoms with Crippen LogP contribution in [0.5, 0.6) is 5.75 Å². The van der Waals surface area contributed by atoms with Gasteiger partial charge in [0.05, 0.1) is 42.2 Å². The molecule has 0 aliphatic carbocycles. The fourth-order valence-electron chi connectivity index (χ4n) is 4.41. The first-order chi connectivity index (χ1) is 16.4. The average molecular weight is 466 g/mol. The molecule has 0 spiro atoms. The van der Waals surface area contributed by atoms with Gasteiger partial charge in [0.25, 0.3) is 5.56 Å². The van der Waals surface area contributed by atoms with E-state index in [0.717, 1.165) is 10.9 Å². The summed E-state index contributed by atoms with van der Waals surface area (Å²) in [7, 11) is 0. The summed E-state index contributed by atoms with van der Waals surface area (Å²) in [6.07, 6.45) is 0.0757. The quantitative estimate of drug-likeness (QED) is 0.242. The second-order valence-electron chi connectivity index (χ2n) is 8.20. The number of aromatic nitrogens is 2. The second-order valence-corrected chi connectivity index (χ2v) is 8.20. The summed E-state index contributed by atoms with van der Waals surface area (Å²) in [6.45, 7) is 1.33. The Hall–Kier alpha value is -3.60. The third-order valence-corrected chi connectivity index (χ3v) is 6.17. The zero-order valence-corrected chi connectivity index (χ0v) is 18.4. The smallest absolute Gasteiger partial charge is 0.343 e. The first-order valence-corrected chi connectivity index (χ1v) is 10.9. The molecule has 2 aliphatic heterocycles. The summed E-state index contributed by atoms with van der Waals surface area (Å²) in [4.78, 5) is 42.1. The molecule has 0 saturated carbocycles. The van der Waals surface area contributed by atoms with Crippen molar-refractivity contribution >= 4 is 22.8 Å². The number of pyridine rings is 2. The van der Waals surface area contributed by atoms with Gasteiger partial charge in [-0.05, 0) is 36.8 Å². The van der Waals surface area contributed by atoms with Crippen LogP contribution in [0.1, 0.15) is 30.0 Å². The normalized spacial score (nSPS) is 18.3. The van der Waals surface area contributed by atoms with E-state index >= 15 is 0 Å². The van der Waals surface area contributed by atoms with Gasteiger partial charge in [-0.25, -0.2) is 14.6 Å². The Morgan fingerprint density at radius 3 is 2.85 bits per heavy atom. The number of carbonyl (C=O) groups excluding carboxylic acids is 2. The van der Waals surface area contributed by atoms with Gasteiger partial charge in [0.2, 0.25) is 0 Å². The molecule has 3 aromatic rings. The number of aliphatic hydroxyl groups excluding tert-OH is 1. The van der Waals surface area contributed by atoms with Crippen LogP contribution in [0.25, 0.3) is 22.3 Å². The van der Waals surface area contributed by atoms with Crippen LogP contribution in [0.4, 0.5) is 0 Å². The SMILES string of the molecule is CC[C@@]1(O)C(=O)OCc2c1cc1n(c2=O)Cc2cc3cc(OC(=O)COCCO)ccc3nc2-1. The Morgan fingerprint density at radius 2 is 2.09 bits per heavy atom. The number of ether oxygens (including phenoxy) is 3. The fraction of sp³-hybridized carbons (Fsp3) is 0.333. The molecule has 2 aliphatic rings. The van der Waals surface area contributed by atoms with Gasteiger partial charge >= 0.3 is 11.9 Å². The highest BCUT2D eigenvalue weighted by atomic mass is 16.6. The van der Waals surface area contributed by atoms with Crippen LogP contribution in [-0.4, -0.2) is 51.5 Å². The Balaban J connectivity index is 1.52. The van der Waals surface area contributed by atoms with E-state index in [1.165, 1.54) is 0 Å². The fourth-order valence-corrected chi connectivity index (χ4v) is 4.41. The minimum atomic E-state index is -1.87. The van der Waals surface area contributed by atoms with E-state index in [-0.39, 0.29) is 56.1 Å². The number of rotatable bonds is 6. The zero-order chi connectivity index (χ0) is 24.0. The highest BCUT2D eigenvalue weighted by molar-refractivity contribution is 5.87. The largest absolute Gasteiger partial charge is 0.458 e. The molecular weight excluding hydrogens is 444 g/mol. The van der Waals surface area contributed by atoms with Gasteiger partial charge in [-0.1, -0.05) is 6.92 Å². The molecule has 0 unspecified atom stereocenters. The molecule has 0 amide bonds. The van der Waals surface area contributed by atoms with Gasteiger partial charge in [0.1, 0.15) is 19.0 Å². The minimum Gasteiger partial charge on any atom is -0.458 e. The van der Waals surface area contributed by atoms with E-state index in [1.54, 1.807) is 35.8 Å². The number of cyclic esters (lactones) is 1. The summed E-state index contributed by atoms with van der Waals surface area (Å²) >= 11 is 0. The first kappa shape index (κ1) is 22.2. The summed E-state index contributed by atoms with van der Waals surface area (Å²) in [5.74, 6) is -1.04. The van der Waals surface area contributed by atoms with Crippen molar-refractivity contribution in [2.24, 2.45) is 0 Å². The van der Waals surface area contributed by atoms with Crippen molar-refractivity contribution in [1.29, 1.82) is 0 Å². The lowest BCUT2D eigenvalue weighted by Crippen LogP contribution is -2.44. The second kappa shape index (κ2) is 8.32. The maximum absolute atomic E-state index is 13.2. The molecular formula is C24H22N2O8. The van der Waals surface area contributed by atoms with Crippen LogP contribution in [0, 0.1) is 0 Å². The summed E-state index contributed by atoms with van der Waals surface area (Å²) in [5, 5.41) is 20.4. The third kappa shape index (κ3) is 3.47. The van der Waals surface area contributed by atoms with Gasteiger partial charge in [0, 0.05) is 16.5 Å². The average Bonchev–Trinajstić information content (AvgIpc) is 3.18. The van der Waals surface area contributed by atoms with E-state index in [0.29, 0.717) is 22.7 Å². The van der Waals surface area contributed by atoms with Crippen LogP contribution in [0.2, 0.25) is 0 Å². The molecule has 176 valence electrons. The number of carbonyl (C=O) groups is 2. The Morgan fingerprint density at radius 1 is 1.26 bits per heavy atom. The lowest BCUT2D eigenvalue weighted by atomic mass is 9.86. The standard InChI is InChI=1S/C24H22N2O8/c1-2-24(31)17-9-19-21-14(10-26(19)22(29)16(17)11-33-23(24)30)7-13-8-15(3-4-18(13)25-21)34-20(28)12-32-6-5-27/h3-4,7-9,27,31H,2,5-6,10-12H2,1H3/t24-/m0/s1. The molecule has 0 fully saturated rings. The number of hydrogen-bond donors (Lipinski definition) is 2. The van der Waals surface area contributed by atoms with Gasteiger partial charge in [-0.2, -0.15) is 0 Å². The van der Waals surface area contributed by atoms with Gasteiger partial charge < -0.3 is 29.0 Å². The molecule has 0 saturated heterocycles. The molecule has 4 heterocycles. The van der Waals surface area contributed by atoms with Crippen molar-refractivity contribution in [3.63, 3.8) is 0 Å². The van der Waals surface area contributed by atoms with Gasteiger partial charge in [0.15, 0.2) is 5.60 Å². The van der Waals surface area contributed by atoms with Gasteiger partial charge in [-0.3, -0.25) is 4.79 Å². The lowest BCUT2D eigenvalue weighted by molar-refractivity contribution is -0.172. The summed E-state index contributed by atoms with van der Waals surface area (Å²) in [5.41, 5.74) is 0.859. The third-order valence-electron chi connectivity index (χ3n) is 6.17. The van der Waals surface area contributed by atoms with Crippen LogP contribution in [-0.2, 0) is 37.8 Å². The molecule has 10 heteroatoms. The molecule has 2 N–H and O–H groups in total. The van der Waals surface area contributed by atoms with E-state index < -0.39 is 17.5 Å². The van der Waals surface area contributed by atoms with Crippen molar-refractivity contribution in [2.45, 2.75) is 32.1 Å². The number of nitrogens with zero attached hydrogens (tertiary/aromatic N) is 2. The van der Waals surface area contributed by atoms with Gasteiger partial charge in [-0.15, -0.1) is 0 Å². The molecule has 0 bridgehead atoms. The lowest BCUT2D eigenvalue weighted by Gasteiger charge is -2.31. The highest BCUT2D eigenvalue weighted by Gasteiger charge is 2.45. The molecule has 34 heavy (non-hydrogen) atoms. The predicted octanol–water partition coefficient (Wildman–Crippen LogP) is 0.994. The van der Waals surface area contributed by atoms with Crippen LogP contribution >= 0.6 is 0 Å². The van der Waals surface area contributed by atoms with E-state index in [4.69, 9.17) is 24.3 Å². The summed E-state index contributed by atoms with van der Waals surface area (Å²) < 4.78 is 16.9. The van der Waals surface area contributed by atoms with Crippen molar-refractivity contribution in [2.75, 3.05) is 19.8 Å². The molecule has 1 atom stereocenters. The van der Waals surface area contributed by atoms with E-state index in [1.807, 2.05) is 6.07 Å². The molecule has 5 rings (SSSR count). The predicted molar refractivity (Wildman–Crippen MR) is 118 cm³/mol. The van der Waals surface area contributed by atoms with Crippen LogP contribution < -0.4 is 10.3 Å². The molecule has 0 radical (unpaired) electrons.